The number of thiophene rings is 1. The summed E-state index contributed by atoms with van der Waals surface area (Å²) in [5.41, 5.74) is 6.85. The molecule has 0 bridgehead atoms. The Bertz CT molecular complexity index is 422. The summed E-state index contributed by atoms with van der Waals surface area (Å²) in [6.45, 7) is 7.24. The van der Waals surface area contributed by atoms with Crippen LogP contribution in [0.4, 0.5) is 4.79 Å². The maximum absolute atomic E-state index is 11.8. The van der Waals surface area contributed by atoms with Gasteiger partial charge in [-0.15, -0.1) is 11.3 Å². The second kappa shape index (κ2) is 4.31. The van der Waals surface area contributed by atoms with Gasteiger partial charge in [0.25, 0.3) is 0 Å². The maximum Gasteiger partial charge on any atom is 0.318 e. The SMILES string of the molecule is Cc1ccsc1C1CN(CC(C)(C)N)C(=O)N1. The van der Waals surface area contributed by atoms with E-state index in [4.69, 9.17) is 5.73 Å². The zero-order valence-electron chi connectivity index (χ0n) is 10.5. The second-order valence-electron chi connectivity index (χ2n) is 5.34. The van der Waals surface area contributed by atoms with Crippen molar-refractivity contribution in [2.75, 3.05) is 13.1 Å². The van der Waals surface area contributed by atoms with Crippen molar-refractivity contribution in [2.45, 2.75) is 32.4 Å². The summed E-state index contributed by atoms with van der Waals surface area (Å²) in [5, 5.41) is 5.07. The van der Waals surface area contributed by atoms with Crippen LogP contribution >= 0.6 is 11.3 Å². The summed E-state index contributed by atoms with van der Waals surface area (Å²) in [5.74, 6) is 0. The monoisotopic (exact) mass is 253 g/mol. The number of nitrogens with two attached hydrogens (primary N) is 1. The first-order valence-corrected chi connectivity index (χ1v) is 6.63. The predicted octanol–water partition coefficient (Wildman–Crippen LogP) is 1.86. The van der Waals surface area contributed by atoms with E-state index in [2.05, 4.69) is 23.7 Å². The zero-order chi connectivity index (χ0) is 12.6. The summed E-state index contributed by atoms with van der Waals surface area (Å²) in [6.07, 6.45) is 0. The summed E-state index contributed by atoms with van der Waals surface area (Å²) < 4.78 is 0. The average Bonchev–Trinajstić information content (AvgIpc) is 2.72. The minimum atomic E-state index is -0.350. The molecule has 2 rings (SSSR count). The van der Waals surface area contributed by atoms with Gasteiger partial charge in [-0.05, 0) is 37.8 Å². The molecule has 1 aromatic heterocycles. The molecule has 2 heterocycles. The van der Waals surface area contributed by atoms with E-state index in [9.17, 15) is 4.79 Å². The number of urea groups is 1. The van der Waals surface area contributed by atoms with Gasteiger partial charge in [-0.3, -0.25) is 0 Å². The zero-order valence-corrected chi connectivity index (χ0v) is 11.3. The molecular weight excluding hydrogens is 234 g/mol. The third-order valence-corrected chi connectivity index (χ3v) is 3.94. The van der Waals surface area contributed by atoms with Crippen molar-refractivity contribution >= 4 is 17.4 Å². The van der Waals surface area contributed by atoms with Crippen LogP contribution < -0.4 is 11.1 Å². The Morgan fingerprint density at radius 3 is 2.88 bits per heavy atom. The van der Waals surface area contributed by atoms with Crippen LogP contribution in [0, 0.1) is 6.92 Å². The van der Waals surface area contributed by atoms with Crippen molar-refractivity contribution in [1.82, 2.24) is 10.2 Å². The van der Waals surface area contributed by atoms with E-state index in [0.717, 1.165) is 0 Å². The molecule has 5 heteroatoms. The Morgan fingerprint density at radius 1 is 1.65 bits per heavy atom. The van der Waals surface area contributed by atoms with Crippen LogP contribution in [0.25, 0.3) is 0 Å². The largest absolute Gasteiger partial charge is 0.329 e. The van der Waals surface area contributed by atoms with Crippen LogP contribution in [0.15, 0.2) is 11.4 Å². The fraction of sp³-hybridized carbons (Fsp3) is 0.583. The summed E-state index contributed by atoms with van der Waals surface area (Å²) >= 11 is 1.70. The molecule has 3 N–H and O–H groups in total. The highest BCUT2D eigenvalue weighted by molar-refractivity contribution is 7.10. The first kappa shape index (κ1) is 12.4. The van der Waals surface area contributed by atoms with E-state index in [1.807, 2.05) is 13.8 Å². The molecular formula is C12H19N3OS. The lowest BCUT2D eigenvalue weighted by molar-refractivity contribution is 0.207. The Hall–Kier alpha value is -1.07. The van der Waals surface area contributed by atoms with Gasteiger partial charge in [-0.25, -0.2) is 4.79 Å². The average molecular weight is 253 g/mol. The summed E-state index contributed by atoms with van der Waals surface area (Å²) in [6, 6.07) is 2.19. The van der Waals surface area contributed by atoms with Gasteiger partial charge in [0.15, 0.2) is 0 Å². The van der Waals surface area contributed by atoms with Gasteiger partial charge in [0.1, 0.15) is 0 Å². The second-order valence-corrected chi connectivity index (χ2v) is 6.29. The normalized spacial score (nSPS) is 20.8. The standard InChI is InChI=1S/C12H19N3OS/c1-8-4-5-17-10(8)9-6-15(11(16)14-9)7-12(2,3)13/h4-5,9H,6-7,13H2,1-3H3,(H,14,16). The van der Waals surface area contributed by atoms with E-state index >= 15 is 0 Å². The minimum Gasteiger partial charge on any atom is -0.329 e. The molecule has 1 atom stereocenters. The van der Waals surface area contributed by atoms with Gasteiger partial charge >= 0.3 is 6.03 Å². The molecule has 1 aliphatic heterocycles. The maximum atomic E-state index is 11.8. The van der Waals surface area contributed by atoms with E-state index in [1.165, 1.54) is 10.4 Å². The lowest BCUT2D eigenvalue weighted by Crippen LogP contribution is -2.46. The number of carbonyl (C=O) groups is 1. The van der Waals surface area contributed by atoms with Gasteiger partial charge in [-0.2, -0.15) is 0 Å². The smallest absolute Gasteiger partial charge is 0.318 e. The number of rotatable bonds is 3. The number of carbonyl (C=O) groups excluding carboxylic acids is 1. The van der Waals surface area contributed by atoms with Crippen molar-refractivity contribution in [2.24, 2.45) is 5.73 Å². The van der Waals surface area contributed by atoms with Gasteiger partial charge in [-0.1, -0.05) is 0 Å². The molecule has 1 fully saturated rings. The van der Waals surface area contributed by atoms with E-state index in [-0.39, 0.29) is 17.6 Å². The number of hydrogen-bond donors (Lipinski definition) is 2. The molecule has 0 spiro atoms. The lowest BCUT2D eigenvalue weighted by Gasteiger charge is -2.25. The Labute approximate surface area is 106 Å². The van der Waals surface area contributed by atoms with Crippen molar-refractivity contribution < 1.29 is 4.79 Å². The molecule has 1 aliphatic rings. The van der Waals surface area contributed by atoms with Gasteiger partial charge in [0, 0.05) is 23.5 Å². The molecule has 1 saturated heterocycles. The number of aryl methyl sites for hydroxylation is 1. The highest BCUT2D eigenvalue weighted by Gasteiger charge is 2.33. The van der Waals surface area contributed by atoms with Gasteiger partial charge in [0.05, 0.1) is 6.04 Å². The number of amides is 2. The van der Waals surface area contributed by atoms with Crippen LogP contribution in [0.3, 0.4) is 0 Å². The van der Waals surface area contributed by atoms with E-state index in [1.54, 1.807) is 16.2 Å². The van der Waals surface area contributed by atoms with Crippen molar-refractivity contribution in [3.63, 3.8) is 0 Å². The molecule has 2 amide bonds. The molecule has 4 nitrogen and oxygen atoms in total. The van der Waals surface area contributed by atoms with Crippen molar-refractivity contribution in [3.05, 3.63) is 21.9 Å². The van der Waals surface area contributed by atoms with Crippen molar-refractivity contribution in [3.8, 4) is 0 Å². The van der Waals surface area contributed by atoms with Gasteiger partial charge in [0.2, 0.25) is 0 Å². The highest BCUT2D eigenvalue weighted by Crippen LogP contribution is 2.28. The molecule has 0 aromatic carbocycles. The number of nitrogens with zero attached hydrogens (tertiary/aromatic N) is 1. The van der Waals surface area contributed by atoms with Gasteiger partial charge < -0.3 is 16.0 Å². The molecule has 1 unspecified atom stereocenters. The third-order valence-electron chi connectivity index (χ3n) is 2.80. The molecule has 0 radical (unpaired) electrons. The Kier molecular flexibility index (Phi) is 3.14. The molecule has 17 heavy (non-hydrogen) atoms. The lowest BCUT2D eigenvalue weighted by atomic mass is 10.1. The van der Waals surface area contributed by atoms with Crippen LogP contribution in [-0.2, 0) is 0 Å². The van der Waals surface area contributed by atoms with E-state index < -0.39 is 0 Å². The van der Waals surface area contributed by atoms with Crippen molar-refractivity contribution in [1.29, 1.82) is 0 Å². The first-order valence-electron chi connectivity index (χ1n) is 5.75. The van der Waals surface area contributed by atoms with E-state index in [0.29, 0.717) is 13.1 Å². The van der Waals surface area contributed by atoms with Crippen LogP contribution in [0.2, 0.25) is 0 Å². The summed E-state index contributed by atoms with van der Waals surface area (Å²) in [7, 11) is 0. The Balaban J connectivity index is 2.08. The predicted molar refractivity (Wildman–Crippen MR) is 70.2 cm³/mol. The molecule has 0 aliphatic carbocycles. The highest BCUT2D eigenvalue weighted by atomic mass is 32.1. The molecule has 1 aromatic rings. The van der Waals surface area contributed by atoms with Crippen LogP contribution in [0.5, 0.6) is 0 Å². The third kappa shape index (κ3) is 2.79. The quantitative estimate of drug-likeness (QED) is 0.864. The molecule has 0 saturated carbocycles. The number of hydrogen-bond acceptors (Lipinski definition) is 3. The van der Waals surface area contributed by atoms with Crippen LogP contribution in [0.1, 0.15) is 30.3 Å². The minimum absolute atomic E-state index is 0.0127. The summed E-state index contributed by atoms with van der Waals surface area (Å²) in [4.78, 5) is 14.9. The van der Waals surface area contributed by atoms with Crippen LogP contribution in [-0.4, -0.2) is 29.6 Å². The first-order chi connectivity index (χ1) is 7.87. The fourth-order valence-corrected chi connectivity index (χ4v) is 3.08. The topological polar surface area (TPSA) is 58.4 Å². The molecule has 94 valence electrons. The number of nitrogens with one attached hydrogen (secondary N) is 1. The Morgan fingerprint density at radius 2 is 2.35 bits per heavy atom. The fourth-order valence-electron chi connectivity index (χ4n) is 2.11.